The maximum absolute atomic E-state index is 12.0. The van der Waals surface area contributed by atoms with Gasteiger partial charge in [-0.05, 0) is 62.1 Å². The summed E-state index contributed by atoms with van der Waals surface area (Å²) < 4.78 is 5.90. The Morgan fingerprint density at radius 2 is 1.83 bits per heavy atom. The van der Waals surface area contributed by atoms with Gasteiger partial charge in [-0.3, -0.25) is 14.5 Å². The van der Waals surface area contributed by atoms with Crippen LogP contribution in [0.4, 0.5) is 5.69 Å². The van der Waals surface area contributed by atoms with Crippen molar-refractivity contribution in [3.8, 4) is 0 Å². The van der Waals surface area contributed by atoms with Crippen LogP contribution >= 0.6 is 0 Å². The van der Waals surface area contributed by atoms with Crippen LogP contribution in [-0.2, 0) is 14.3 Å². The smallest absolute Gasteiger partial charge is 0.313 e. The summed E-state index contributed by atoms with van der Waals surface area (Å²) in [5, 5.41) is 5.36. The Balaban J connectivity index is 1.33. The average molecular weight is 410 g/mol. The maximum Gasteiger partial charge on any atom is 0.313 e. The molecule has 2 aromatic rings. The van der Waals surface area contributed by atoms with Crippen LogP contribution in [-0.4, -0.2) is 49.5 Å². The van der Waals surface area contributed by atoms with Gasteiger partial charge in [-0.1, -0.05) is 36.4 Å². The van der Waals surface area contributed by atoms with Crippen molar-refractivity contribution in [3.05, 3.63) is 65.2 Å². The molecule has 1 saturated heterocycles. The first-order valence-electron chi connectivity index (χ1n) is 10.6. The van der Waals surface area contributed by atoms with Crippen molar-refractivity contribution in [1.29, 1.82) is 0 Å². The molecule has 0 aliphatic carbocycles. The standard InChI is InChI=1S/C24H31N3O3/c1-18-10-11-21(16-19(18)2)26-24(29)23(28)25-12-6-7-13-27-14-15-30-22(17-27)20-8-4-3-5-9-20/h3-5,8-11,16,22H,6-7,12-15,17H2,1-2H3,(H,25,28)(H,26,29). The van der Waals surface area contributed by atoms with Gasteiger partial charge in [0, 0.05) is 25.3 Å². The van der Waals surface area contributed by atoms with E-state index in [0.717, 1.165) is 50.2 Å². The number of aryl methyl sites for hydroxylation is 2. The fourth-order valence-electron chi connectivity index (χ4n) is 3.52. The van der Waals surface area contributed by atoms with Gasteiger partial charge in [0.05, 0.1) is 12.7 Å². The first kappa shape index (κ1) is 22.0. The van der Waals surface area contributed by atoms with Crippen molar-refractivity contribution < 1.29 is 14.3 Å². The lowest BCUT2D eigenvalue weighted by Crippen LogP contribution is -2.39. The highest BCUT2D eigenvalue weighted by Crippen LogP contribution is 2.22. The molecular weight excluding hydrogens is 378 g/mol. The highest BCUT2D eigenvalue weighted by Gasteiger charge is 2.21. The summed E-state index contributed by atoms with van der Waals surface area (Å²) >= 11 is 0. The van der Waals surface area contributed by atoms with Crippen molar-refractivity contribution in [2.75, 3.05) is 38.1 Å². The second-order valence-electron chi connectivity index (χ2n) is 7.79. The molecule has 2 N–H and O–H groups in total. The molecule has 1 fully saturated rings. The lowest BCUT2D eigenvalue weighted by Gasteiger charge is -2.33. The van der Waals surface area contributed by atoms with E-state index in [2.05, 4.69) is 27.7 Å². The fourth-order valence-corrected chi connectivity index (χ4v) is 3.52. The number of hydrogen-bond donors (Lipinski definition) is 2. The molecule has 6 heteroatoms. The summed E-state index contributed by atoms with van der Waals surface area (Å²) in [6.45, 7) is 7.97. The van der Waals surface area contributed by atoms with Gasteiger partial charge in [0.1, 0.15) is 0 Å². The summed E-state index contributed by atoms with van der Waals surface area (Å²) in [7, 11) is 0. The lowest BCUT2D eigenvalue weighted by atomic mass is 10.1. The van der Waals surface area contributed by atoms with Crippen molar-refractivity contribution in [2.24, 2.45) is 0 Å². The lowest BCUT2D eigenvalue weighted by molar-refractivity contribution is -0.136. The number of carbonyl (C=O) groups excluding carboxylic acids is 2. The fraction of sp³-hybridized carbons (Fsp3) is 0.417. The summed E-state index contributed by atoms with van der Waals surface area (Å²) in [4.78, 5) is 26.5. The Labute approximate surface area is 178 Å². The Hall–Kier alpha value is -2.70. The molecule has 6 nitrogen and oxygen atoms in total. The van der Waals surface area contributed by atoms with Crippen LogP contribution < -0.4 is 10.6 Å². The van der Waals surface area contributed by atoms with E-state index in [9.17, 15) is 9.59 Å². The van der Waals surface area contributed by atoms with E-state index in [1.807, 2.05) is 44.2 Å². The number of anilines is 1. The molecule has 2 amide bonds. The molecular formula is C24H31N3O3. The number of nitrogens with one attached hydrogen (secondary N) is 2. The topological polar surface area (TPSA) is 70.7 Å². The Kier molecular flexibility index (Phi) is 7.99. The second-order valence-corrected chi connectivity index (χ2v) is 7.79. The SMILES string of the molecule is Cc1ccc(NC(=O)C(=O)NCCCCN2CCOC(c3ccccc3)C2)cc1C. The number of benzene rings is 2. The predicted molar refractivity (Wildman–Crippen MR) is 118 cm³/mol. The molecule has 1 unspecified atom stereocenters. The predicted octanol–water partition coefficient (Wildman–Crippen LogP) is 3.21. The van der Waals surface area contributed by atoms with Crippen molar-refractivity contribution in [2.45, 2.75) is 32.8 Å². The van der Waals surface area contributed by atoms with Gasteiger partial charge in [0.2, 0.25) is 0 Å². The molecule has 0 bridgehead atoms. The molecule has 2 aromatic carbocycles. The monoisotopic (exact) mass is 409 g/mol. The molecule has 1 aliphatic rings. The summed E-state index contributed by atoms with van der Waals surface area (Å²) in [6, 6.07) is 15.9. The third kappa shape index (κ3) is 6.40. The largest absolute Gasteiger partial charge is 0.371 e. The first-order valence-corrected chi connectivity index (χ1v) is 10.6. The van der Waals surface area contributed by atoms with Gasteiger partial charge in [-0.15, -0.1) is 0 Å². The van der Waals surface area contributed by atoms with Gasteiger partial charge in [0.25, 0.3) is 0 Å². The van der Waals surface area contributed by atoms with E-state index in [0.29, 0.717) is 12.2 Å². The quantitative estimate of drug-likeness (QED) is 0.544. The normalized spacial score (nSPS) is 16.8. The molecule has 3 rings (SSSR count). The molecule has 0 saturated carbocycles. The molecule has 1 atom stereocenters. The van der Waals surface area contributed by atoms with E-state index in [1.54, 1.807) is 6.07 Å². The maximum atomic E-state index is 12.0. The third-order valence-electron chi connectivity index (χ3n) is 5.48. The molecule has 0 aromatic heterocycles. The van der Waals surface area contributed by atoms with E-state index in [-0.39, 0.29) is 6.10 Å². The van der Waals surface area contributed by atoms with E-state index in [1.165, 1.54) is 5.56 Å². The second kappa shape index (κ2) is 10.9. The number of hydrogen-bond acceptors (Lipinski definition) is 4. The average Bonchev–Trinajstić information content (AvgIpc) is 2.76. The highest BCUT2D eigenvalue weighted by atomic mass is 16.5. The Morgan fingerprint density at radius 3 is 2.60 bits per heavy atom. The number of unbranched alkanes of at least 4 members (excludes halogenated alkanes) is 1. The van der Waals surface area contributed by atoms with Crippen LogP contribution in [0.15, 0.2) is 48.5 Å². The molecule has 0 radical (unpaired) electrons. The van der Waals surface area contributed by atoms with Crippen LogP contribution in [0, 0.1) is 13.8 Å². The van der Waals surface area contributed by atoms with Crippen molar-refractivity contribution in [3.63, 3.8) is 0 Å². The van der Waals surface area contributed by atoms with E-state index in [4.69, 9.17) is 4.74 Å². The van der Waals surface area contributed by atoms with Gasteiger partial charge in [0.15, 0.2) is 0 Å². The zero-order valence-corrected chi connectivity index (χ0v) is 17.8. The van der Waals surface area contributed by atoms with Gasteiger partial charge < -0.3 is 15.4 Å². The third-order valence-corrected chi connectivity index (χ3v) is 5.48. The molecule has 1 aliphatic heterocycles. The zero-order valence-electron chi connectivity index (χ0n) is 17.8. The summed E-state index contributed by atoms with van der Waals surface area (Å²) in [5.74, 6) is -1.22. The zero-order chi connectivity index (χ0) is 21.3. The van der Waals surface area contributed by atoms with Gasteiger partial charge in [-0.25, -0.2) is 0 Å². The molecule has 0 spiro atoms. The Bertz CT molecular complexity index is 854. The number of rotatable bonds is 7. The van der Waals surface area contributed by atoms with Crippen LogP contribution in [0.5, 0.6) is 0 Å². The van der Waals surface area contributed by atoms with Crippen LogP contribution in [0.25, 0.3) is 0 Å². The first-order chi connectivity index (χ1) is 14.5. The number of ether oxygens (including phenoxy) is 1. The van der Waals surface area contributed by atoms with Gasteiger partial charge in [-0.2, -0.15) is 0 Å². The van der Waals surface area contributed by atoms with Crippen LogP contribution in [0.1, 0.15) is 35.6 Å². The van der Waals surface area contributed by atoms with Crippen LogP contribution in [0.3, 0.4) is 0 Å². The molecule has 30 heavy (non-hydrogen) atoms. The minimum absolute atomic E-state index is 0.119. The Morgan fingerprint density at radius 1 is 1.03 bits per heavy atom. The molecule has 1 heterocycles. The number of morpholine rings is 1. The summed E-state index contributed by atoms with van der Waals surface area (Å²) in [5.41, 5.74) is 4.07. The van der Waals surface area contributed by atoms with Gasteiger partial charge >= 0.3 is 11.8 Å². The van der Waals surface area contributed by atoms with E-state index < -0.39 is 11.8 Å². The summed E-state index contributed by atoms with van der Waals surface area (Å²) in [6.07, 6.45) is 1.91. The highest BCUT2D eigenvalue weighted by molar-refractivity contribution is 6.39. The number of nitrogens with zero attached hydrogens (tertiary/aromatic N) is 1. The van der Waals surface area contributed by atoms with Crippen molar-refractivity contribution >= 4 is 17.5 Å². The van der Waals surface area contributed by atoms with Crippen LogP contribution in [0.2, 0.25) is 0 Å². The van der Waals surface area contributed by atoms with Crippen molar-refractivity contribution in [1.82, 2.24) is 10.2 Å². The number of carbonyl (C=O) groups is 2. The van der Waals surface area contributed by atoms with E-state index >= 15 is 0 Å². The molecule has 160 valence electrons. The minimum atomic E-state index is -0.628. The number of amides is 2. The minimum Gasteiger partial charge on any atom is -0.371 e.